The third kappa shape index (κ3) is 15.2. The molecule has 0 bridgehead atoms. The van der Waals surface area contributed by atoms with Gasteiger partial charge in [0.15, 0.2) is 0 Å². The fraction of sp³-hybridized carbons (Fsp3) is 0.324. The number of unbranched alkanes of at least 4 members (excludes halogenated alkanes) is 1. The molecule has 3 heterocycles. The first kappa shape index (κ1) is 65.9. The number of carbonyl (C=O) groups excluding carboxylic acids is 5. The number of hydrogen-bond acceptors (Lipinski definition) is 17. The van der Waals surface area contributed by atoms with E-state index in [0.29, 0.717) is 43.6 Å². The van der Waals surface area contributed by atoms with Crippen molar-refractivity contribution >= 4 is 117 Å². The highest BCUT2D eigenvalue weighted by atomic mass is 32.2. The maximum Gasteiger partial charge on any atom is 0.346 e. The molecule has 0 aliphatic carbocycles. The minimum absolute atomic E-state index is 0.00343. The second-order valence-corrected chi connectivity index (χ2v) is 29.6. The molecule has 89 heavy (non-hydrogen) atoms. The average molecular weight is 1300 g/mol. The van der Waals surface area contributed by atoms with E-state index in [0.717, 1.165) is 73.8 Å². The molecule has 1 fully saturated rings. The number of imide groups is 1. The standard InChI is InChI=1S/C68H70N4O12S5/c1-9-12-35-86-65(85)88-68(8,40-46(60(75)70-67(6,7)41-89(79,80)81)39-66(4,5)63(77)84-72-52(73)33-34-53(72)74)64(78)83-51-37-47(71(10-2)11-3)36-50-48(51)38-49(62(76)82-50)61-69-58-56(44-29-21-15-22-30-44)54(42-25-17-13-18-26-42)55(43-27-19-14-20-28-43)57(59(58)87-61)45-31-23-16-24-32-45/h13-32,36-38,46H,9-12,33-35,39-41H2,1-8H3,(H,70,75)(H,79,80,81). The van der Waals surface area contributed by atoms with Crippen LogP contribution >= 0.6 is 47.1 Å². The van der Waals surface area contributed by atoms with E-state index < -0.39 is 72.8 Å². The topological polar surface area (TPSA) is 220 Å². The van der Waals surface area contributed by atoms with E-state index in [4.69, 9.17) is 31.2 Å². The number of amides is 3. The molecule has 8 aromatic rings. The van der Waals surface area contributed by atoms with Gasteiger partial charge in [0.05, 0.1) is 37.9 Å². The van der Waals surface area contributed by atoms with Crippen molar-refractivity contribution in [3.63, 3.8) is 0 Å². The zero-order valence-corrected chi connectivity index (χ0v) is 54.8. The number of thioether (sulfide) groups is 2. The number of carbonyl (C=O) groups is 5. The molecule has 464 valence electrons. The van der Waals surface area contributed by atoms with Gasteiger partial charge in [-0.15, -0.1) is 28.2 Å². The molecule has 6 aromatic carbocycles. The van der Waals surface area contributed by atoms with Gasteiger partial charge in [-0.1, -0.05) is 159 Å². The number of esters is 1. The molecule has 1 aliphatic rings. The molecule has 21 heteroatoms. The Balaban J connectivity index is 1.23. The van der Waals surface area contributed by atoms with Gasteiger partial charge in [-0.3, -0.25) is 23.7 Å². The van der Waals surface area contributed by atoms with E-state index >= 15 is 4.79 Å². The Morgan fingerprint density at radius 1 is 0.753 bits per heavy atom. The van der Waals surface area contributed by atoms with Crippen molar-refractivity contribution in [1.82, 2.24) is 15.4 Å². The summed E-state index contributed by atoms with van der Waals surface area (Å²) in [6, 6.07) is 45.5. The number of fused-ring (bicyclic) bond motifs is 2. The summed E-state index contributed by atoms with van der Waals surface area (Å²) in [6.07, 6.45) is 0.582. The molecule has 1 saturated heterocycles. The number of thiazole rings is 1. The van der Waals surface area contributed by atoms with Gasteiger partial charge in [0, 0.05) is 66.4 Å². The number of aromatic nitrogens is 1. The summed E-state index contributed by atoms with van der Waals surface area (Å²) in [5.41, 5.74) is 4.93. The average Bonchev–Trinajstić information content (AvgIpc) is 1.69. The monoisotopic (exact) mass is 1290 g/mol. The summed E-state index contributed by atoms with van der Waals surface area (Å²) in [5, 5.41) is 3.69. The first-order valence-corrected chi connectivity index (χ1v) is 34.0. The molecule has 0 radical (unpaired) electrons. The van der Waals surface area contributed by atoms with Crippen molar-refractivity contribution < 1.29 is 50.9 Å². The van der Waals surface area contributed by atoms with Crippen molar-refractivity contribution in [3.8, 4) is 60.8 Å². The number of hydroxylamine groups is 2. The fourth-order valence-corrected chi connectivity index (χ4v) is 16.4. The lowest BCUT2D eigenvalue weighted by atomic mass is 9.78. The summed E-state index contributed by atoms with van der Waals surface area (Å²) >= 11 is 9.63. The lowest BCUT2D eigenvalue weighted by Crippen LogP contribution is -2.52. The van der Waals surface area contributed by atoms with E-state index in [9.17, 15) is 36.9 Å². The molecule has 16 nitrogen and oxygen atoms in total. The van der Waals surface area contributed by atoms with Crippen LogP contribution in [0.5, 0.6) is 5.75 Å². The Bertz CT molecular complexity index is 4020. The van der Waals surface area contributed by atoms with Gasteiger partial charge in [0.2, 0.25) is 5.91 Å². The van der Waals surface area contributed by atoms with Crippen molar-refractivity contribution in [1.29, 1.82) is 0 Å². The molecule has 0 spiro atoms. The lowest BCUT2D eigenvalue weighted by molar-refractivity contribution is -0.204. The van der Waals surface area contributed by atoms with Crippen LogP contribution in [0.2, 0.25) is 0 Å². The van der Waals surface area contributed by atoms with E-state index in [1.807, 2.05) is 98.5 Å². The van der Waals surface area contributed by atoms with Gasteiger partial charge < -0.3 is 24.2 Å². The van der Waals surface area contributed by atoms with Crippen LogP contribution in [-0.2, 0) is 38.9 Å². The number of hydrogen-bond donors (Lipinski definition) is 2. The van der Waals surface area contributed by atoms with E-state index in [-0.39, 0.29) is 48.0 Å². The van der Waals surface area contributed by atoms with Crippen molar-refractivity contribution in [2.75, 3.05) is 29.5 Å². The summed E-state index contributed by atoms with van der Waals surface area (Å²) in [6.45, 7) is 14.2. The van der Waals surface area contributed by atoms with Crippen LogP contribution in [0.1, 0.15) is 93.9 Å². The Morgan fingerprint density at radius 3 is 1.81 bits per heavy atom. The number of nitrogens with one attached hydrogen (secondary N) is 1. The maximum atomic E-state index is 15.7. The van der Waals surface area contributed by atoms with Crippen molar-refractivity contribution in [2.24, 2.45) is 11.3 Å². The number of ether oxygens (including phenoxy) is 1. The summed E-state index contributed by atoms with van der Waals surface area (Å²) in [7, 11) is -4.64. The summed E-state index contributed by atoms with van der Waals surface area (Å²) < 4.78 is 46.8. The summed E-state index contributed by atoms with van der Waals surface area (Å²) in [5.74, 6) is -5.74. The first-order valence-electron chi connectivity index (χ1n) is 29.4. The van der Waals surface area contributed by atoms with Crippen LogP contribution < -0.4 is 20.6 Å². The van der Waals surface area contributed by atoms with Crippen LogP contribution in [-0.4, -0.2) is 91.1 Å². The second kappa shape index (κ2) is 27.7. The molecule has 2 aromatic heterocycles. The van der Waals surface area contributed by atoms with Crippen LogP contribution in [0.15, 0.2) is 149 Å². The maximum absolute atomic E-state index is 15.7. The van der Waals surface area contributed by atoms with Gasteiger partial charge in [0.1, 0.15) is 24.6 Å². The van der Waals surface area contributed by atoms with Crippen LogP contribution in [0.25, 0.3) is 76.3 Å². The van der Waals surface area contributed by atoms with Crippen LogP contribution in [0.3, 0.4) is 0 Å². The third-order valence-corrected chi connectivity index (χ3v) is 20.5. The molecule has 3 amide bonds. The highest BCUT2D eigenvalue weighted by molar-refractivity contribution is 8.47. The molecule has 2 atom stereocenters. The molecule has 1 aliphatic heterocycles. The minimum atomic E-state index is -4.64. The van der Waals surface area contributed by atoms with Gasteiger partial charge >= 0.3 is 17.6 Å². The quantitative estimate of drug-likeness (QED) is 0.0109. The summed E-state index contributed by atoms with van der Waals surface area (Å²) in [4.78, 5) is 97.5. The predicted molar refractivity (Wildman–Crippen MR) is 360 cm³/mol. The van der Waals surface area contributed by atoms with Gasteiger partial charge in [0.25, 0.3) is 21.9 Å². The number of anilines is 1. The second-order valence-electron chi connectivity index (χ2n) is 23.4. The van der Waals surface area contributed by atoms with Crippen molar-refractivity contribution in [2.45, 2.75) is 104 Å². The zero-order valence-electron chi connectivity index (χ0n) is 50.7. The smallest absolute Gasteiger partial charge is 0.346 e. The van der Waals surface area contributed by atoms with E-state index in [2.05, 4.69) is 53.8 Å². The molecule has 9 rings (SSSR count). The molecule has 0 saturated carbocycles. The third-order valence-electron chi connectivity index (χ3n) is 15.4. The lowest BCUT2D eigenvalue weighted by Gasteiger charge is -2.35. The highest BCUT2D eigenvalue weighted by Gasteiger charge is 2.47. The Morgan fingerprint density at radius 2 is 1.28 bits per heavy atom. The Labute approximate surface area is 535 Å². The number of nitrogens with zero attached hydrogens (tertiary/aromatic N) is 3. The molecular formula is C68H70N4O12S5. The first-order chi connectivity index (χ1) is 42.3. The molecular weight excluding hydrogens is 1230 g/mol. The van der Waals surface area contributed by atoms with Gasteiger partial charge in [-0.05, 0) is 107 Å². The normalized spacial score (nSPS) is 14.0. The van der Waals surface area contributed by atoms with E-state index in [1.165, 1.54) is 50.8 Å². The zero-order chi connectivity index (χ0) is 64.0. The van der Waals surface area contributed by atoms with Crippen molar-refractivity contribution in [3.05, 3.63) is 150 Å². The molecule has 2 unspecified atom stereocenters. The SMILES string of the molecule is CCCCSC(=S)SC(C)(CC(CC(C)(C)C(=O)ON1C(=O)CCC1=O)C(=O)NC(C)(C)CS(=O)(=O)O)C(=O)Oc1cc(N(CC)CC)cc2oc(=O)c(-c3nc4c(-c5ccccc5)c(-c5ccccc5)c(-c5ccccc5)c(-c5ccccc5)c4s3)cc12. The van der Waals surface area contributed by atoms with Crippen LogP contribution in [0, 0.1) is 11.3 Å². The highest BCUT2D eigenvalue weighted by Crippen LogP contribution is 2.53. The number of rotatable bonds is 24. The predicted octanol–water partition coefficient (Wildman–Crippen LogP) is 14.6. The van der Waals surface area contributed by atoms with Gasteiger partial charge in [-0.25, -0.2) is 14.6 Å². The molecule has 2 N–H and O–H groups in total. The van der Waals surface area contributed by atoms with E-state index in [1.54, 1.807) is 25.1 Å². The van der Waals surface area contributed by atoms with Gasteiger partial charge in [-0.2, -0.15) is 8.42 Å². The fourth-order valence-electron chi connectivity index (χ4n) is 11.1. The van der Waals surface area contributed by atoms with Crippen LogP contribution in [0.4, 0.5) is 5.69 Å². The Kier molecular flexibility index (Phi) is 20.5. The largest absolute Gasteiger partial charge is 0.425 e. The number of benzene rings is 6. The minimum Gasteiger partial charge on any atom is -0.425 e. The number of thiocarbonyl (C=S) groups is 1. The Hall–Kier alpha value is -7.53.